The van der Waals surface area contributed by atoms with Gasteiger partial charge in [0.15, 0.2) is 5.16 Å². The van der Waals surface area contributed by atoms with Crippen molar-refractivity contribution in [3.8, 4) is 0 Å². The van der Waals surface area contributed by atoms with Gasteiger partial charge >= 0.3 is 0 Å². The number of benzene rings is 1. The summed E-state index contributed by atoms with van der Waals surface area (Å²) in [6.07, 6.45) is 11.6. The Bertz CT molecular complexity index is 809. The summed E-state index contributed by atoms with van der Waals surface area (Å²) in [7, 11) is 0. The van der Waals surface area contributed by atoms with Gasteiger partial charge in [0, 0.05) is 17.3 Å². The van der Waals surface area contributed by atoms with Crippen LogP contribution in [0.2, 0.25) is 0 Å². The van der Waals surface area contributed by atoms with Crippen molar-refractivity contribution in [3.63, 3.8) is 0 Å². The van der Waals surface area contributed by atoms with Gasteiger partial charge in [0.05, 0.1) is 17.1 Å². The van der Waals surface area contributed by atoms with Crippen molar-refractivity contribution in [1.82, 2.24) is 9.97 Å². The molecule has 0 aliphatic heterocycles. The van der Waals surface area contributed by atoms with Crippen LogP contribution in [0.4, 0.5) is 5.69 Å². The van der Waals surface area contributed by atoms with Crippen molar-refractivity contribution in [3.05, 3.63) is 71.9 Å². The number of thioether (sulfide) groups is 1. The Morgan fingerprint density at radius 2 is 1.74 bits per heavy atom. The predicted octanol–water partition coefficient (Wildman–Crippen LogP) is 6.26. The monoisotopic (exact) mass is 378 g/mol. The van der Waals surface area contributed by atoms with E-state index in [1.54, 1.807) is 24.5 Å². The van der Waals surface area contributed by atoms with Gasteiger partial charge in [-0.15, -0.1) is 0 Å². The lowest BCUT2D eigenvalue weighted by Crippen LogP contribution is -2.05. The maximum absolute atomic E-state index is 7.98. The Balaban J connectivity index is 0.000000380. The van der Waals surface area contributed by atoms with Crippen molar-refractivity contribution in [1.29, 1.82) is 5.41 Å². The van der Waals surface area contributed by atoms with Crippen molar-refractivity contribution < 1.29 is 0 Å². The zero-order chi connectivity index (χ0) is 19.5. The SMILES string of the molecule is CCCC(C)C.N=C1C=CC(=Nc2ccccc2)C=C1Sc1ncccn1. The van der Waals surface area contributed by atoms with E-state index in [2.05, 4.69) is 35.7 Å². The third kappa shape index (κ3) is 7.71. The average Bonchev–Trinajstić information content (AvgIpc) is 2.67. The molecule has 0 fully saturated rings. The molecule has 0 bridgehead atoms. The van der Waals surface area contributed by atoms with Crippen LogP contribution in [-0.4, -0.2) is 21.4 Å². The lowest BCUT2D eigenvalue weighted by atomic mass is 10.1. The number of aromatic nitrogens is 2. The number of rotatable bonds is 5. The molecule has 0 atom stereocenters. The highest BCUT2D eigenvalue weighted by Crippen LogP contribution is 2.26. The highest BCUT2D eigenvalue weighted by Gasteiger charge is 2.12. The van der Waals surface area contributed by atoms with E-state index in [0.717, 1.165) is 22.2 Å². The van der Waals surface area contributed by atoms with E-state index in [9.17, 15) is 0 Å². The number of nitrogens with one attached hydrogen (secondary N) is 1. The summed E-state index contributed by atoms with van der Waals surface area (Å²) in [5, 5.41) is 8.61. The van der Waals surface area contributed by atoms with Crippen LogP contribution < -0.4 is 0 Å². The molecule has 3 rings (SSSR count). The van der Waals surface area contributed by atoms with Crippen molar-refractivity contribution >= 4 is 28.9 Å². The van der Waals surface area contributed by atoms with Gasteiger partial charge in [-0.25, -0.2) is 15.0 Å². The fourth-order valence-corrected chi connectivity index (χ4v) is 3.11. The molecule has 27 heavy (non-hydrogen) atoms. The van der Waals surface area contributed by atoms with Crippen LogP contribution in [0.5, 0.6) is 0 Å². The molecule has 5 heteroatoms. The molecule has 1 heterocycles. The summed E-state index contributed by atoms with van der Waals surface area (Å²) in [6.45, 7) is 6.73. The molecule has 0 spiro atoms. The number of hydrogen-bond acceptors (Lipinski definition) is 5. The van der Waals surface area contributed by atoms with Gasteiger partial charge < -0.3 is 0 Å². The fraction of sp³-hybridized carbons (Fsp3) is 0.273. The van der Waals surface area contributed by atoms with Crippen LogP contribution in [0.25, 0.3) is 0 Å². The van der Waals surface area contributed by atoms with E-state index in [-0.39, 0.29) is 0 Å². The average molecular weight is 379 g/mol. The van der Waals surface area contributed by atoms with Crippen LogP contribution in [0.15, 0.2) is 82.1 Å². The van der Waals surface area contributed by atoms with Gasteiger partial charge in [0.25, 0.3) is 0 Å². The summed E-state index contributed by atoms with van der Waals surface area (Å²) in [5.74, 6) is 0.898. The summed E-state index contributed by atoms with van der Waals surface area (Å²) < 4.78 is 0. The molecule has 0 saturated carbocycles. The minimum absolute atomic E-state index is 0.444. The predicted molar refractivity (Wildman–Crippen MR) is 116 cm³/mol. The van der Waals surface area contributed by atoms with Crippen LogP contribution in [0.1, 0.15) is 33.6 Å². The zero-order valence-electron chi connectivity index (χ0n) is 16.1. The highest BCUT2D eigenvalue weighted by atomic mass is 32.2. The summed E-state index contributed by atoms with van der Waals surface area (Å²) in [6, 6.07) is 11.5. The first kappa shape index (κ1) is 20.8. The summed E-state index contributed by atoms with van der Waals surface area (Å²) in [4.78, 5) is 13.7. The molecule has 0 amide bonds. The maximum atomic E-state index is 7.98. The first-order chi connectivity index (χ1) is 13.1. The second kappa shape index (κ2) is 11.2. The van der Waals surface area contributed by atoms with Gasteiger partial charge in [-0.3, -0.25) is 5.41 Å². The van der Waals surface area contributed by atoms with E-state index in [4.69, 9.17) is 5.41 Å². The van der Waals surface area contributed by atoms with Gasteiger partial charge in [0.1, 0.15) is 0 Å². The Kier molecular flexibility index (Phi) is 8.65. The lowest BCUT2D eigenvalue weighted by molar-refractivity contribution is 0.576. The Morgan fingerprint density at radius 1 is 1.04 bits per heavy atom. The Hall–Kier alpha value is -2.53. The van der Waals surface area contributed by atoms with Crippen molar-refractivity contribution in [2.75, 3.05) is 0 Å². The van der Waals surface area contributed by atoms with E-state index in [1.165, 1.54) is 24.6 Å². The molecule has 1 aliphatic rings. The molecule has 1 aromatic heterocycles. The smallest absolute Gasteiger partial charge is 0.192 e. The van der Waals surface area contributed by atoms with Crippen molar-refractivity contribution in [2.45, 2.75) is 38.8 Å². The molecule has 1 aromatic carbocycles. The minimum atomic E-state index is 0.444. The summed E-state index contributed by atoms with van der Waals surface area (Å²) in [5.41, 5.74) is 2.15. The minimum Gasteiger partial charge on any atom is -0.300 e. The molecule has 140 valence electrons. The molecule has 4 nitrogen and oxygen atoms in total. The van der Waals surface area contributed by atoms with Gasteiger partial charge in [-0.05, 0) is 54.1 Å². The van der Waals surface area contributed by atoms with Crippen LogP contribution in [0.3, 0.4) is 0 Å². The normalized spacial score (nSPS) is 14.7. The molecular formula is C22H26N4S. The second-order valence-electron chi connectivity index (χ2n) is 6.44. The Morgan fingerprint density at radius 3 is 2.33 bits per heavy atom. The molecule has 2 aromatic rings. The van der Waals surface area contributed by atoms with Crippen LogP contribution >= 0.6 is 11.8 Å². The standard InChI is InChI=1S/C16H12N4S.C6H14/c17-14-8-7-13(20-12-5-2-1-3-6-12)11-15(14)21-16-18-9-4-10-19-16;1-4-5-6(2)3/h1-11,17H;6H,4-5H2,1-3H3. The maximum Gasteiger partial charge on any atom is 0.192 e. The quantitative estimate of drug-likeness (QED) is 0.493. The van der Waals surface area contributed by atoms with Crippen LogP contribution in [-0.2, 0) is 0 Å². The van der Waals surface area contributed by atoms with Gasteiger partial charge in [0.2, 0.25) is 0 Å². The first-order valence-corrected chi connectivity index (χ1v) is 9.97. The number of aliphatic imine (C=N–C) groups is 1. The zero-order valence-corrected chi connectivity index (χ0v) is 16.9. The van der Waals surface area contributed by atoms with Gasteiger partial charge in [-0.1, -0.05) is 51.8 Å². The largest absolute Gasteiger partial charge is 0.300 e. The third-order valence-electron chi connectivity index (χ3n) is 3.59. The van der Waals surface area contributed by atoms with E-state index < -0.39 is 0 Å². The molecule has 1 N–H and O–H groups in total. The second-order valence-corrected chi connectivity index (χ2v) is 7.45. The van der Waals surface area contributed by atoms with Crippen LogP contribution in [0, 0.1) is 11.3 Å². The van der Waals surface area contributed by atoms with Gasteiger partial charge in [-0.2, -0.15) is 0 Å². The number of nitrogens with zero attached hydrogens (tertiary/aromatic N) is 3. The highest BCUT2D eigenvalue weighted by molar-refractivity contribution is 8.03. The molecule has 0 radical (unpaired) electrons. The number of para-hydroxylation sites is 1. The number of hydrogen-bond donors (Lipinski definition) is 1. The fourth-order valence-electron chi connectivity index (χ4n) is 2.33. The number of allylic oxidation sites excluding steroid dienone is 4. The molecule has 1 aliphatic carbocycles. The topological polar surface area (TPSA) is 62.0 Å². The molecule has 0 unspecified atom stereocenters. The van der Waals surface area contributed by atoms with E-state index in [1.807, 2.05) is 42.5 Å². The summed E-state index contributed by atoms with van der Waals surface area (Å²) >= 11 is 1.37. The van der Waals surface area contributed by atoms with E-state index in [0.29, 0.717) is 10.9 Å². The first-order valence-electron chi connectivity index (χ1n) is 9.15. The lowest BCUT2D eigenvalue weighted by Gasteiger charge is -2.09. The molecular weight excluding hydrogens is 352 g/mol. The third-order valence-corrected chi connectivity index (χ3v) is 4.54. The van der Waals surface area contributed by atoms with Crippen molar-refractivity contribution in [2.24, 2.45) is 10.9 Å². The Labute approximate surface area is 166 Å². The molecule has 0 saturated heterocycles. The van der Waals surface area contributed by atoms with E-state index >= 15 is 0 Å².